The summed E-state index contributed by atoms with van der Waals surface area (Å²) in [5, 5.41) is 10.5. The molecule has 0 saturated carbocycles. The van der Waals surface area contributed by atoms with Gasteiger partial charge in [-0.1, -0.05) is 12.1 Å². The highest BCUT2D eigenvalue weighted by Gasteiger charge is 2.31. The van der Waals surface area contributed by atoms with Gasteiger partial charge in [-0.25, -0.2) is 0 Å². The average Bonchev–Trinajstić information content (AvgIpc) is 2.93. The zero-order chi connectivity index (χ0) is 13.5. The van der Waals surface area contributed by atoms with Crippen molar-refractivity contribution in [3.63, 3.8) is 0 Å². The third-order valence-corrected chi connectivity index (χ3v) is 3.98. The van der Waals surface area contributed by atoms with Gasteiger partial charge in [-0.3, -0.25) is 0 Å². The molecule has 1 unspecified atom stereocenters. The first-order valence-corrected chi connectivity index (χ1v) is 6.94. The van der Waals surface area contributed by atoms with Crippen LogP contribution in [0, 0.1) is 0 Å². The molecule has 0 amide bonds. The summed E-state index contributed by atoms with van der Waals surface area (Å²) >= 11 is 0. The highest BCUT2D eigenvalue weighted by Crippen LogP contribution is 2.31. The Labute approximate surface area is 113 Å². The maximum Gasteiger partial charge on any atom is 0.0762 e. The predicted molar refractivity (Wildman–Crippen MR) is 76.0 cm³/mol. The van der Waals surface area contributed by atoms with Crippen LogP contribution in [-0.4, -0.2) is 21.4 Å². The van der Waals surface area contributed by atoms with Gasteiger partial charge in [0.15, 0.2) is 0 Å². The molecule has 3 rings (SSSR count). The van der Waals surface area contributed by atoms with Crippen LogP contribution in [-0.2, 0) is 17.9 Å². The zero-order valence-electron chi connectivity index (χ0n) is 11.6. The molecule has 0 aliphatic carbocycles. The average molecular weight is 259 g/mol. The number of rotatable bonds is 3. The second-order valence-corrected chi connectivity index (χ2v) is 6.06. The van der Waals surface area contributed by atoms with Gasteiger partial charge >= 0.3 is 0 Å². The van der Waals surface area contributed by atoms with Crippen LogP contribution in [0.3, 0.4) is 0 Å². The van der Waals surface area contributed by atoms with Crippen LogP contribution >= 0.6 is 0 Å². The Morgan fingerprint density at radius 3 is 2.89 bits per heavy atom. The van der Waals surface area contributed by atoms with Gasteiger partial charge < -0.3 is 14.4 Å². The molecule has 1 aromatic carbocycles. The van der Waals surface area contributed by atoms with Gasteiger partial charge in [0.25, 0.3) is 0 Å². The van der Waals surface area contributed by atoms with Crippen LogP contribution in [0.15, 0.2) is 30.5 Å². The molecule has 2 heterocycles. The van der Waals surface area contributed by atoms with Crippen molar-refractivity contribution in [2.24, 2.45) is 0 Å². The third kappa shape index (κ3) is 2.53. The Morgan fingerprint density at radius 2 is 2.21 bits per heavy atom. The molecule has 1 aliphatic heterocycles. The van der Waals surface area contributed by atoms with Crippen molar-refractivity contribution in [2.75, 3.05) is 0 Å². The lowest BCUT2D eigenvalue weighted by molar-refractivity contribution is -0.0212. The number of nitrogens with zero attached hydrogens (tertiary/aromatic N) is 1. The molecule has 2 aromatic rings. The van der Waals surface area contributed by atoms with E-state index >= 15 is 0 Å². The molecule has 3 heteroatoms. The number of hydrogen-bond donors (Lipinski definition) is 1. The first-order valence-electron chi connectivity index (χ1n) is 6.94. The number of benzene rings is 1. The van der Waals surface area contributed by atoms with Gasteiger partial charge in [0.05, 0.1) is 18.3 Å². The fourth-order valence-corrected chi connectivity index (χ4v) is 2.91. The standard InChI is InChI=1S/C16H21NO2/c1-16(2)7-5-14(19-16)10-17-8-6-13-4-3-12(11-18)9-15(13)17/h3-4,6,8-9,14,18H,5,7,10-11H2,1-2H3. The number of hydrogen-bond acceptors (Lipinski definition) is 2. The summed E-state index contributed by atoms with van der Waals surface area (Å²) in [5.41, 5.74) is 2.16. The Hall–Kier alpha value is -1.32. The first-order chi connectivity index (χ1) is 9.07. The molecular weight excluding hydrogens is 238 g/mol. The molecule has 3 nitrogen and oxygen atoms in total. The van der Waals surface area contributed by atoms with Crippen LogP contribution in [0.4, 0.5) is 0 Å². The molecule has 0 spiro atoms. The van der Waals surface area contributed by atoms with E-state index in [4.69, 9.17) is 4.74 Å². The minimum atomic E-state index is 0.0177. The molecule has 1 aliphatic rings. The number of aliphatic hydroxyl groups is 1. The summed E-state index contributed by atoms with van der Waals surface area (Å²) < 4.78 is 8.29. The van der Waals surface area contributed by atoms with Gasteiger partial charge in [-0.05, 0) is 49.8 Å². The first kappa shape index (κ1) is 12.7. The Bertz CT molecular complexity index is 585. The molecular formula is C16H21NO2. The SMILES string of the molecule is CC1(C)CCC(Cn2ccc3ccc(CO)cc32)O1. The van der Waals surface area contributed by atoms with E-state index in [-0.39, 0.29) is 12.2 Å². The van der Waals surface area contributed by atoms with Crippen LogP contribution in [0.2, 0.25) is 0 Å². The van der Waals surface area contributed by atoms with Crippen LogP contribution in [0.5, 0.6) is 0 Å². The third-order valence-electron chi connectivity index (χ3n) is 3.98. The smallest absolute Gasteiger partial charge is 0.0762 e. The predicted octanol–water partition coefficient (Wildman–Crippen LogP) is 3.09. The second-order valence-electron chi connectivity index (χ2n) is 6.06. The Morgan fingerprint density at radius 1 is 1.37 bits per heavy atom. The Kier molecular flexibility index (Phi) is 3.11. The molecule has 19 heavy (non-hydrogen) atoms. The van der Waals surface area contributed by atoms with Crippen molar-refractivity contribution in [3.05, 3.63) is 36.0 Å². The normalized spacial score (nSPS) is 22.2. The monoisotopic (exact) mass is 259 g/mol. The number of aromatic nitrogens is 1. The lowest BCUT2D eigenvalue weighted by Crippen LogP contribution is -2.22. The molecule has 102 valence electrons. The number of ether oxygens (including phenoxy) is 1. The van der Waals surface area contributed by atoms with Crippen LogP contribution in [0.25, 0.3) is 10.9 Å². The van der Waals surface area contributed by atoms with E-state index in [9.17, 15) is 5.11 Å². The summed E-state index contributed by atoms with van der Waals surface area (Å²) in [6.07, 6.45) is 4.65. The molecule has 1 N–H and O–H groups in total. The number of aliphatic hydroxyl groups excluding tert-OH is 1. The lowest BCUT2D eigenvalue weighted by Gasteiger charge is -2.20. The summed E-state index contributed by atoms with van der Waals surface area (Å²) in [5.74, 6) is 0. The van der Waals surface area contributed by atoms with Gasteiger partial charge in [-0.15, -0.1) is 0 Å². The van der Waals surface area contributed by atoms with E-state index < -0.39 is 0 Å². The van der Waals surface area contributed by atoms with Gasteiger partial charge in [0, 0.05) is 18.3 Å². The van der Waals surface area contributed by atoms with E-state index in [1.54, 1.807) is 0 Å². The van der Waals surface area contributed by atoms with Gasteiger partial charge in [0.1, 0.15) is 0 Å². The van der Waals surface area contributed by atoms with Crippen molar-refractivity contribution in [2.45, 2.75) is 51.5 Å². The number of fused-ring (bicyclic) bond motifs is 1. The van der Waals surface area contributed by atoms with E-state index in [1.807, 2.05) is 6.07 Å². The van der Waals surface area contributed by atoms with Crippen LogP contribution < -0.4 is 0 Å². The topological polar surface area (TPSA) is 34.4 Å². The summed E-state index contributed by atoms with van der Waals surface area (Å²) in [6, 6.07) is 8.23. The van der Waals surface area contributed by atoms with Gasteiger partial charge in [0.2, 0.25) is 0 Å². The summed E-state index contributed by atoms with van der Waals surface area (Å²) in [4.78, 5) is 0. The zero-order valence-corrected chi connectivity index (χ0v) is 11.6. The minimum Gasteiger partial charge on any atom is -0.392 e. The maximum atomic E-state index is 9.24. The van der Waals surface area contributed by atoms with Crippen molar-refractivity contribution in [1.82, 2.24) is 4.57 Å². The summed E-state index contributed by atoms with van der Waals surface area (Å²) in [7, 11) is 0. The molecule has 1 aromatic heterocycles. The molecule has 1 atom stereocenters. The lowest BCUT2D eigenvalue weighted by atomic mass is 10.1. The van der Waals surface area contributed by atoms with E-state index in [0.717, 1.165) is 24.9 Å². The van der Waals surface area contributed by atoms with Gasteiger partial charge in [-0.2, -0.15) is 0 Å². The molecule has 0 radical (unpaired) electrons. The maximum absolute atomic E-state index is 9.24. The second kappa shape index (κ2) is 4.66. The van der Waals surface area contributed by atoms with E-state index in [2.05, 4.69) is 42.8 Å². The van der Waals surface area contributed by atoms with Crippen molar-refractivity contribution >= 4 is 10.9 Å². The van der Waals surface area contributed by atoms with Crippen molar-refractivity contribution in [3.8, 4) is 0 Å². The Balaban J connectivity index is 1.85. The van der Waals surface area contributed by atoms with Crippen molar-refractivity contribution < 1.29 is 9.84 Å². The molecule has 0 bridgehead atoms. The van der Waals surface area contributed by atoms with Crippen LogP contribution in [0.1, 0.15) is 32.3 Å². The van der Waals surface area contributed by atoms with Crippen molar-refractivity contribution in [1.29, 1.82) is 0 Å². The highest BCUT2D eigenvalue weighted by atomic mass is 16.5. The highest BCUT2D eigenvalue weighted by molar-refractivity contribution is 5.80. The minimum absolute atomic E-state index is 0.0177. The van der Waals surface area contributed by atoms with E-state index in [0.29, 0.717) is 6.10 Å². The fraction of sp³-hybridized carbons (Fsp3) is 0.500. The largest absolute Gasteiger partial charge is 0.392 e. The fourth-order valence-electron chi connectivity index (χ4n) is 2.91. The van der Waals surface area contributed by atoms with E-state index in [1.165, 1.54) is 10.9 Å². The summed E-state index contributed by atoms with van der Waals surface area (Å²) in [6.45, 7) is 5.30. The molecule has 1 fully saturated rings. The molecule has 1 saturated heterocycles. The quantitative estimate of drug-likeness (QED) is 0.919.